The van der Waals surface area contributed by atoms with Crippen molar-refractivity contribution in [3.63, 3.8) is 0 Å². The molecule has 2 aromatic rings. The minimum absolute atomic E-state index is 0.0275. The number of rotatable bonds is 9. The van der Waals surface area contributed by atoms with Crippen molar-refractivity contribution >= 4 is 37.0 Å². The summed E-state index contributed by atoms with van der Waals surface area (Å²) in [5, 5.41) is 2.49. The second kappa shape index (κ2) is 14.9. The molecule has 2 aliphatic heterocycles. The van der Waals surface area contributed by atoms with Gasteiger partial charge in [-0.3, -0.25) is 4.79 Å². The number of hydrogen-bond donors (Lipinski definition) is 1. The molecule has 1 saturated heterocycles. The summed E-state index contributed by atoms with van der Waals surface area (Å²) in [6.45, 7) is 15.5. The highest BCUT2D eigenvalue weighted by atomic mass is 28.3. The van der Waals surface area contributed by atoms with Gasteiger partial charge >= 0.3 is 6.09 Å². The van der Waals surface area contributed by atoms with Gasteiger partial charge in [-0.15, -0.1) is 0 Å². The molecule has 1 aromatic heterocycles. The Hall–Kier alpha value is -3.65. The van der Waals surface area contributed by atoms with Gasteiger partial charge < -0.3 is 29.5 Å². The van der Waals surface area contributed by atoms with Gasteiger partial charge in [0, 0.05) is 70.7 Å². The maximum absolute atomic E-state index is 16.7. The number of alkyl halides is 2. The van der Waals surface area contributed by atoms with Gasteiger partial charge in [0.05, 0.1) is 23.4 Å². The molecular formula is C34H47F4N5O4Si. The highest BCUT2D eigenvalue weighted by Gasteiger charge is 2.32. The van der Waals surface area contributed by atoms with Crippen molar-refractivity contribution in [3.8, 4) is 5.88 Å². The number of carbonyl (C=O) groups is 2. The number of piperazine rings is 1. The molecule has 0 radical (unpaired) electrons. The minimum atomic E-state index is -3.05. The van der Waals surface area contributed by atoms with E-state index in [9.17, 15) is 18.4 Å². The lowest BCUT2D eigenvalue weighted by atomic mass is 9.97. The van der Waals surface area contributed by atoms with Gasteiger partial charge in [-0.05, 0) is 52.8 Å². The SMILES string of the molecule is C[C@H]1CN(c2cc(F)c(C3=CCCN(C(=O)OC(C)(C)C)C3)c(F)c2NC(=O)c2cnc(OCC[Si](C)(C)C)cc2C(F)F)CCN1C. The minimum Gasteiger partial charge on any atom is -0.478 e. The standard InChI is InChI=1S/C34H47F4N5O4Si/c1-21-19-42(13-12-41(21)5)26-17-25(35)28(22-10-9-11-43(20-22)33(45)47-34(2,3)4)29(36)30(26)40-32(44)24-18-39-27(16-23(24)31(37)38)46-14-15-48(6,7)8/h10,16-18,21,31H,9,11-15,19-20H2,1-8H3,(H,40,44)/t21-/m0/s1. The first kappa shape index (κ1) is 37.2. The van der Waals surface area contributed by atoms with Crippen molar-refractivity contribution in [1.29, 1.82) is 0 Å². The Morgan fingerprint density at radius 2 is 1.83 bits per heavy atom. The van der Waals surface area contributed by atoms with E-state index in [0.717, 1.165) is 24.4 Å². The molecule has 9 nitrogen and oxygen atoms in total. The molecular weight excluding hydrogens is 646 g/mol. The van der Waals surface area contributed by atoms with E-state index in [1.165, 1.54) is 4.90 Å². The summed E-state index contributed by atoms with van der Waals surface area (Å²) in [6.07, 6.45) is -0.715. The fourth-order valence-electron chi connectivity index (χ4n) is 5.49. The average Bonchev–Trinajstić information content (AvgIpc) is 2.98. The monoisotopic (exact) mass is 693 g/mol. The van der Waals surface area contributed by atoms with Gasteiger partial charge in [0.15, 0.2) is 5.82 Å². The number of nitrogens with one attached hydrogen (secondary N) is 1. The fourth-order valence-corrected chi connectivity index (χ4v) is 6.20. The van der Waals surface area contributed by atoms with Gasteiger partial charge in [0.2, 0.25) is 5.88 Å². The Balaban J connectivity index is 1.72. The molecule has 2 aliphatic rings. The lowest BCUT2D eigenvalue weighted by molar-refractivity contribution is 0.0272. The van der Waals surface area contributed by atoms with Gasteiger partial charge in [0.1, 0.15) is 17.1 Å². The number of anilines is 2. The van der Waals surface area contributed by atoms with Crippen LogP contribution in [0.1, 0.15) is 62.0 Å². The molecule has 0 aliphatic carbocycles. The van der Waals surface area contributed by atoms with Crippen LogP contribution in [0.15, 0.2) is 24.4 Å². The zero-order valence-corrected chi connectivity index (χ0v) is 30.1. The third kappa shape index (κ3) is 9.28. The third-order valence-corrected chi connectivity index (χ3v) is 10.1. The number of aromatic nitrogens is 1. The van der Waals surface area contributed by atoms with Gasteiger partial charge in [-0.2, -0.15) is 0 Å². The first-order valence-corrected chi connectivity index (χ1v) is 19.9. The number of carbonyl (C=O) groups excluding carboxylic acids is 2. The molecule has 1 atom stereocenters. The summed E-state index contributed by atoms with van der Waals surface area (Å²) in [5.74, 6) is -3.01. The first-order chi connectivity index (χ1) is 22.3. The second-order valence-electron chi connectivity index (χ2n) is 14.7. The van der Waals surface area contributed by atoms with Crippen molar-refractivity contribution in [1.82, 2.24) is 14.8 Å². The van der Waals surface area contributed by atoms with Crippen LogP contribution in [0.25, 0.3) is 5.57 Å². The van der Waals surface area contributed by atoms with Crippen LogP contribution in [0.4, 0.5) is 33.7 Å². The smallest absolute Gasteiger partial charge is 0.410 e. The number of ether oxygens (including phenoxy) is 2. The van der Waals surface area contributed by atoms with E-state index >= 15 is 8.78 Å². The molecule has 0 saturated carbocycles. The highest BCUT2D eigenvalue weighted by molar-refractivity contribution is 6.76. The normalized spacial score (nSPS) is 17.8. The maximum atomic E-state index is 16.7. The molecule has 3 heterocycles. The van der Waals surface area contributed by atoms with Crippen molar-refractivity contribution in [2.24, 2.45) is 0 Å². The summed E-state index contributed by atoms with van der Waals surface area (Å²) in [4.78, 5) is 35.8. The van der Waals surface area contributed by atoms with Crippen molar-refractivity contribution in [2.45, 2.75) is 77.9 Å². The quantitative estimate of drug-likeness (QED) is 0.216. The first-order valence-electron chi connectivity index (χ1n) is 16.2. The third-order valence-electron chi connectivity index (χ3n) is 8.35. The summed E-state index contributed by atoms with van der Waals surface area (Å²) in [7, 11) is 0.486. The second-order valence-corrected chi connectivity index (χ2v) is 20.3. The average molecular weight is 694 g/mol. The predicted molar refractivity (Wildman–Crippen MR) is 182 cm³/mol. The van der Waals surface area contributed by atoms with Gasteiger partial charge in [-0.1, -0.05) is 25.7 Å². The number of hydrogen-bond acceptors (Lipinski definition) is 7. The van der Waals surface area contributed by atoms with Gasteiger partial charge in [-0.25, -0.2) is 27.3 Å². The molecule has 0 unspecified atom stereocenters. The van der Waals surface area contributed by atoms with Crippen LogP contribution in [-0.2, 0) is 4.74 Å². The topological polar surface area (TPSA) is 87.2 Å². The van der Waals surface area contributed by atoms with Gasteiger partial charge in [0.25, 0.3) is 12.3 Å². The Morgan fingerprint density at radius 3 is 2.46 bits per heavy atom. The molecule has 1 N–H and O–H groups in total. The van der Waals surface area contributed by atoms with Crippen LogP contribution < -0.4 is 15.0 Å². The summed E-state index contributed by atoms with van der Waals surface area (Å²) in [6, 6.07) is 2.99. The molecule has 4 rings (SSSR count). The van der Waals surface area contributed by atoms with Crippen LogP contribution in [0.2, 0.25) is 25.7 Å². The molecule has 264 valence electrons. The summed E-state index contributed by atoms with van der Waals surface area (Å²) < 4.78 is 72.3. The maximum Gasteiger partial charge on any atom is 0.410 e. The molecule has 0 bridgehead atoms. The molecule has 1 aromatic carbocycles. The van der Waals surface area contributed by atoms with Crippen LogP contribution in [0.3, 0.4) is 0 Å². The number of likely N-dealkylation sites (N-methyl/N-ethyl adjacent to an activating group) is 1. The predicted octanol–water partition coefficient (Wildman–Crippen LogP) is 7.43. The van der Waals surface area contributed by atoms with Crippen LogP contribution in [-0.4, -0.2) is 92.9 Å². The Kier molecular flexibility index (Phi) is 11.5. The van der Waals surface area contributed by atoms with E-state index in [1.54, 1.807) is 31.7 Å². The lowest BCUT2D eigenvalue weighted by Gasteiger charge is -2.40. The Labute approximate surface area is 281 Å². The summed E-state index contributed by atoms with van der Waals surface area (Å²) in [5.41, 5.74) is -2.32. The van der Waals surface area contributed by atoms with Crippen molar-refractivity contribution < 1.29 is 36.6 Å². The number of benzene rings is 1. The van der Waals surface area contributed by atoms with E-state index in [2.05, 4.69) is 34.8 Å². The molecule has 14 heteroatoms. The Morgan fingerprint density at radius 1 is 1.12 bits per heavy atom. The van der Waals surface area contributed by atoms with Crippen molar-refractivity contribution in [2.75, 3.05) is 56.6 Å². The molecule has 48 heavy (non-hydrogen) atoms. The Bertz CT molecular complexity index is 1540. The molecule has 0 spiro atoms. The van der Waals surface area contributed by atoms with Crippen LogP contribution >= 0.6 is 0 Å². The van der Waals surface area contributed by atoms with Crippen LogP contribution in [0.5, 0.6) is 5.88 Å². The molecule has 2 amide bonds. The van der Waals surface area contributed by atoms with Crippen molar-refractivity contribution in [3.05, 3.63) is 52.7 Å². The van der Waals surface area contributed by atoms with E-state index < -0.39 is 60.4 Å². The van der Waals surface area contributed by atoms with Crippen LogP contribution in [0, 0.1) is 11.6 Å². The zero-order chi connectivity index (χ0) is 35.6. The lowest BCUT2D eigenvalue weighted by Crippen LogP contribution is -2.50. The van der Waals surface area contributed by atoms with E-state index in [4.69, 9.17) is 9.47 Å². The number of amides is 2. The number of nitrogens with zero attached hydrogens (tertiary/aromatic N) is 4. The summed E-state index contributed by atoms with van der Waals surface area (Å²) >= 11 is 0. The number of pyridine rings is 1. The number of halogens is 4. The van der Waals surface area contributed by atoms with E-state index in [1.807, 2.05) is 14.0 Å². The largest absolute Gasteiger partial charge is 0.478 e. The highest BCUT2D eigenvalue weighted by Crippen LogP contribution is 2.39. The molecule has 1 fully saturated rings. The van der Waals surface area contributed by atoms with E-state index in [-0.39, 0.29) is 35.4 Å². The van der Waals surface area contributed by atoms with E-state index in [0.29, 0.717) is 39.2 Å². The zero-order valence-electron chi connectivity index (χ0n) is 29.1. The fraction of sp³-hybridized carbons (Fsp3) is 0.559.